The number of aryl methyl sites for hydroxylation is 4. The largest absolute Gasteiger partial charge is 0.507 e. The summed E-state index contributed by atoms with van der Waals surface area (Å²) in [6.07, 6.45) is 1.78. The average Bonchev–Trinajstić information content (AvgIpc) is 2.96. The molecule has 7 nitrogen and oxygen atoms in total. The third-order valence-electron chi connectivity index (χ3n) is 6.47. The molecule has 4 heterocycles. The minimum absolute atomic E-state index is 0. The van der Waals surface area contributed by atoms with Gasteiger partial charge >= 0.3 is 0 Å². The van der Waals surface area contributed by atoms with E-state index in [-0.39, 0.29) is 26.8 Å². The zero-order chi connectivity index (χ0) is 29.2. The number of phenols is 1. The van der Waals surface area contributed by atoms with Crippen LogP contribution in [0, 0.1) is 33.8 Å². The molecule has 0 aliphatic heterocycles. The Balaban J connectivity index is 0.00000368. The normalized spacial score (nSPS) is 10.8. The van der Waals surface area contributed by atoms with Crippen LogP contribution in [0.1, 0.15) is 22.8 Å². The Bertz CT molecular complexity index is 1890. The number of phenolic OH excluding ortho intramolecular Hbond substituents is 1. The van der Waals surface area contributed by atoms with Crippen molar-refractivity contribution in [3.8, 4) is 51.0 Å². The smallest absolute Gasteiger partial charge is 0.158 e. The zero-order valence-corrected chi connectivity index (χ0v) is 27.0. The SMILES string of the molecule is Cc1cc(-c2cc(Sc3ccccn3)[c-]c(-c3nc(-c4cc(C)nc(C)c4)nc(-c4ccccc4O)n3)c2)cc(C)n1.[Pt]. The second-order valence-electron chi connectivity index (χ2n) is 10.0. The fraction of sp³-hybridized carbons (Fsp3) is 0.118. The molecule has 0 amide bonds. The van der Waals surface area contributed by atoms with Crippen LogP contribution in [0.15, 0.2) is 95.0 Å². The van der Waals surface area contributed by atoms with Crippen molar-refractivity contribution >= 4 is 11.8 Å². The van der Waals surface area contributed by atoms with Crippen molar-refractivity contribution in [1.29, 1.82) is 0 Å². The fourth-order valence-electron chi connectivity index (χ4n) is 4.78. The molecular weight excluding hydrogens is 736 g/mol. The van der Waals surface area contributed by atoms with E-state index in [0.29, 0.717) is 28.6 Å². The number of para-hydroxylation sites is 1. The van der Waals surface area contributed by atoms with Gasteiger partial charge in [-0.3, -0.25) is 19.9 Å². The van der Waals surface area contributed by atoms with Crippen LogP contribution < -0.4 is 0 Å². The van der Waals surface area contributed by atoms with Crippen LogP contribution in [-0.2, 0) is 21.1 Å². The van der Waals surface area contributed by atoms with E-state index in [4.69, 9.17) is 15.0 Å². The molecule has 1 N–H and O–H groups in total. The third-order valence-corrected chi connectivity index (χ3v) is 7.36. The molecule has 0 spiro atoms. The van der Waals surface area contributed by atoms with E-state index < -0.39 is 0 Å². The molecule has 0 unspecified atom stereocenters. The molecule has 0 aliphatic carbocycles. The van der Waals surface area contributed by atoms with E-state index in [1.54, 1.807) is 24.4 Å². The van der Waals surface area contributed by atoms with Gasteiger partial charge in [0.05, 0.1) is 16.4 Å². The third kappa shape index (κ3) is 7.04. The Labute approximate surface area is 269 Å². The van der Waals surface area contributed by atoms with Crippen LogP contribution in [0.2, 0.25) is 0 Å². The van der Waals surface area contributed by atoms with E-state index in [0.717, 1.165) is 49.4 Å². The van der Waals surface area contributed by atoms with Gasteiger partial charge in [0.2, 0.25) is 0 Å². The predicted octanol–water partition coefficient (Wildman–Crippen LogP) is 7.61. The van der Waals surface area contributed by atoms with Gasteiger partial charge in [0.1, 0.15) is 5.75 Å². The molecule has 0 atom stereocenters. The molecule has 6 rings (SSSR count). The summed E-state index contributed by atoms with van der Waals surface area (Å²) < 4.78 is 0. The van der Waals surface area contributed by atoms with E-state index in [1.807, 2.05) is 70.2 Å². The Hall–Kier alpha value is -4.26. The number of rotatable bonds is 6. The van der Waals surface area contributed by atoms with Crippen molar-refractivity contribution in [2.24, 2.45) is 0 Å². The molecule has 0 radical (unpaired) electrons. The molecule has 6 aromatic rings. The molecule has 4 aromatic heterocycles. The Morgan fingerprint density at radius 2 is 1.19 bits per heavy atom. The quantitative estimate of drug-likeness (QED) is 0.173. The fourth-order valence-corrected chi connectivity index (χ4v) is 5.61. The number of hydrogen-bond acceptors (Lipinski definition) is 8. The maximum absolute atomic E-state index is 10.7. The van der Waals surface area contributed by atoms with Gasteiger partial charge in [0.15, 0.2) is 11.6 Å². The molecule has 0 bridgehead atoms. The van der Waals surface area contributed by atoms with Crippen LogP contribution in [0.25, 0.3) is 45.3 Å². The molecule has 2 aromatic carbocycles. The van der Waals surface area contributed by atoms with Gasteiger partial charge in [-0.15, -0.1) is 23.8 Å². The van der Waals surface area contributed by atoms with Crippen LogP contribution in [-0.4, -0.2) is 35.0 Å². The number of nitrogens with zero attached hydrogens (tertiary/aromatic N) is 6. The van der Waals surface area contributed by atoms with Crippen molar-refractivity contribution in [2.75, 3.05) is 0 Å². The number of aromatic nitrogens is 6. The van der Waals surface area contributed by atoms with E-state index in [1.165, 1.54) is 11.8 Å². The average molecular weight is 763 g/mol. The minimum atomic E-state index is 0. The van der Waals surface area contributed by atoms with Crippen molar-refractivity contribution in [2.45, 2.75) is 37.6 Å². The molecular formula is C34H27N6OPtS-. The number of benzene rings is 2. The van der Waals surface area contributed by atoms with Gasteiger partial charge in [-0.05, 0) is 81.8 Å². The summed E-state index contributed by atoms with van der Waals surface area (Å²) >= 11 is 1.52. The van der Waals surface area contributed by atoms with Crippen LogP contribution in [0.4, 0.5) is 0 Å². The summed E-state index contributed by atoms with van der Waals surface area (Å²) in [5, 5.41) is 11.5. The molecule has 0 saturated heterocycles. The maximum atomic E-state index is 10.7. The number of hydrogen-bond donors (Lipinski definition) is 1. The van der Waals surface area contributed by atoms with Crippen molar-refractivity contribution in [3.63, 3.8) is 0 Å². The van der Waals surface area contributed by atoms with E-state index in [2.05, 4.69) is 39.2 Å². The van der Waals surface area contributed by atoms with Gasteiger partial charge in [-0.25, -0.2) is 9.97 Å². The molecule has 0 fully saturated rings. The van der Waals surface area contributed by atoms with Crippen molar-refractivity contribution < 1.29 is 26.2 Å². The van der Waals surface area contributed by atoms with Gasteiger partial charge in [0, 0.05) is 55.6 Å². The molecule has 0 saturated carbocycles. The van der Waals surface area contributed by atoms with Gasteiger partial charge in [0.25, 0.3) is 0 Å². The van der Waals surface area contributed by atoms with E-state index >= 15 is 0 Å². The molecule has 9 heteroatoms. The van der Waals surface area contributed by atoms with Crippen molar-refractivity contribution in [1.82, 2.24) is 29.9 Å². The molecule has 43 heavy (non-hydrogen) atoms. The topological polar surface area (TPSA) is 97.6 Å². The number of pyridine rings is 3. The Kier molecular flexibility index (Phi) is 9.09. The zero-order valence-electron chi connectivity index (χ0n) is 23.9. The molecule has 216 valence electrons. The minimum Gasteiger partial charge on any atom is -0.507 e. The Morgan fingerprint density at radius 3 is 1.84 bits per heavy atom. The summed E-state index contributed by atoms with van der Waals surface area (Å²) in [6, 6.07) is 28.6. The summed E-state index contributed by atoms with van der Waals surface area (Å²) in [7, 11) is 0. The predicted molar refractivity (Wildman–Crippen MR) is 165 cm³/mol. The van der Waals surface area contributed by atoms with Gasteiger partial charge in [-0.1, -0.05) is 40.4 Å². The van der Waals surface area contributed by atoms with Gasteiger partial charge < -0.3 is 5.11 Å². The van der Waals surface area contributed by atoms with Crippen LogP contribution in [0.3, 0.4) is 0 Å². The monoisotopic (exact) mass is 762 g/mol. The maximum Gasteiger partial charge on any atom is 0.158 e. The van der Waals surface area contributed by atoms with Crippen LogP contribution >= 0.6 is 11.8 Å². The Morgan fingerprint density at radius 1 is 0.605 bits per heavy atom. The molecule has 0 aliphatic rings. The number of aromatic hydroxyl groups is 1. The summed E-state index contributed by atoms with van der Waals surface area (Å²) in [5.74, 6) is 1.39. The second-order valence-corrected chi connectivity index (χ2v) is 11.1. The first-order chi connectivity index (χ1) is 20.3. The summed E-state index contributed by atoms with van der Waals surface area (Å²) in [6.45, 7) is 7.87. The second kappa shape index (κ2) is 12.9. The standard InChI is InChI=1S/C34H27N6OS.Pt/c1-20-13-24(14-21(2)36-20)25-17-27(19-28(18-25)42-31-11-7-8-12-35-31)33-38-32(26-15-22(3)37-23(4)16-26)39-34(40-33)29-9-5-6-10-30(29)41;/h5-18,41H,1-4H3;/q-1;. The summed E-state index contributed by atoms with van der Waals surface area (Å²) in [5.41, 5.74) is 7.65. The van der Waals surface area contributed by atoms with Gasteiger partial charge in [-0.2, -0.15) is 0 Å². The van der Waals surface area contributed by atoms with Crippen molar-refractivity contribution in [3.05, 3.63) is 114 Å². The first-order valence-corrected chi connectivity index (χ1v) is 14.2. The summed E-state index contributed by atoms with van der Waals surface area (Å²) in [4.78, 5) is 29.0. The first kappa shape index (κ1) is 30.2. The first-order valence-electron chi connectivity index (χ1n) is 13.4. The van der Waals surface area contributed by atoms with E-state index in [9.17, 15) is 5.11 Å². The van der Waals surface area contributed by atoms with Crippen LogP contribution in [0.5, 0.6) is 5.75 Å².